The van der Waals surface area contributed by atoms with Crippen LogP contribution in [0.2, 0.25) is 0 Å². The van der Waals surface area contributed by atoms with Gasteiger partial charge in [0.05, 0.1) is 13.2 Å². The fraction of sp³-hybridized carbons (Fsp3) is 0.500. The van der Waals surface area contributed by atoms with E-state index in [2.05, 4.69) is 5.32 Å². The number of amides is 1. The molecule has 1 aromatic heterocycles. The first-order valence-electron chi connectivity index (χ1n) is 10.8. The van der Waals surface area contributed by atoms with Crippen LogP contribution in [0.4, 0.5) is 0 Å². The summed E-state index contributed by atoms with van der Waals surface area (Å²) in [5.41, 5.74) is -0.292. The van der Waals surface area contributed by atoms with Crippen molar-refractivity contribution in [3.8, 4) is 17.2 Å². The average molecular weight is 462 g/mol. The summed E-state index contributed by atoms with van der Waals surface area (Å²) < 4.78 is 17.0. The Morgan fingerprint density at radius 3 is 2.62 bits per heavy atom. The normalized spacial score (nSPS) is 15.4. The maximum absolute atomic E-state index is 12.9. The molecule has 0 bridgehead atoms. The van der Waals surface area contributed by atoms with Gasteiger partial charge in [0.25, 0.3) is 0 Å². The van der Waals surface area contributed by atoms with Gasteiger partial charge in [-0.15, -0.1) is 0 Å². The highest BCUT2D eigenvalue weighted by molar-refractivity contribution is 7.99. The van der Waals surface area contributed by atoms with Gasteiger partial charge in [-0.3, -0.25) is 9.59 Å². The molecule has 0 spiro atoms. The minimum atomic E-state index is -0.697. The topological polar surface area (TPSA) is 98.0 Å². The molecule has 1 saturated heterocycles. The van der Waals surface area contributed by atoms with Gasteiger partial charge in [0.1, 0.15) is 5.76 Å². The summed E-state index contributed by atoms with van der Waals surface area (Å²) in [6.07, 6.45) is 1.47. The SMILES string of the molecule is COc1cc(CNC(=O)CC2(c3oc(C)cc(=O)c3O)CCSCC2)ccc1OC(C)C. The highest BCUT2D eigenvalue weighted by Gasteiger charge is 2.41. The molecule has 8 heteroatoms. The maximum Gasteiger partial charge on any atom is 0.227 e. The lowest BCUT2D eigenvalue weighted by Crippen LogP contribution is -2.38. The van der Waals surface area contributed by atoms with Crippen LogP contribution in [-0.4, -0.2) is 35.7 Å². The molecule has 1 aliphatic rings. The van der Waals surface area contributed by atoms with Gasteiger partial charge in [-0.05, 0) is 62.8 Å². The van der Waals surface area contributed by atoms with Crippen LogP contribution in [0.1, 0.15) is 50.2 Å². The number of thioether (sulfide) groups is 1. The first kappa shape index (κ1) is 24.0. The molecule has 2 aromatic rings. The van der Waals surface area contributed by atoms with Crippen molar-refractivity contribution in [2.45, 2.75) is 58.1 Å². The number of benzene rings is 1. The number of nitrogens with one attached hydrogen (secondary N) is 1. The largest absolute Gasteiger partial charge is 0.502 e. The Balaban J connectivity index is 1.75. The zero-order valence-corrected chi connectivity index (χ0v) is 19.8. The summed E-state index contributed by atoms with van der Waals surface area (Å²) in [6, 6.07) is 6.83. The van der Waals surface area contributed by atoms with Crippen LogP contribution >= 0.6 is 11.8 Å². The molecule has 7 nitrogen and oxygen atoms in total. The number of methoxy groups -OCH3 is 1. The minimum absolute atomic E-state index is 0.0254. The Morgan fingerprint density at radius 2 is 1.97 bits per heavy atom. The van der Waals surface area contributed by atoms with Crippen LogP contribution in [0.25, 0.3) is 0 Å². The van der Waals surface area contributed by atoms with Crippen LogP contribution in [0.15, 0.2) is 33.5 Å². The number of carbonyl (C=O) groups excluding carboxylic acids is 1. The number of aromatic hydroxyl groups is 1. The van der Waals surface area contributed by atoms with Gasteiger partial charge in [-0.1, -0.05) is 6.07 Å². The summed E-state index contributed by atoms with van der Waals surface area (Å²) >= 11 is 1.79. The zero-order valence-electron chi connectivity index (χ0n) is 19.0. The molecule has 0 unspecified atom stereocenters. The lowest BCUT2D eigenvalue weighted by molar-refractivity contribution is -0.122. The summed E-state index contributed by atoms with van der Waals surface area (Å²) in [5.74, 6) is 3.03. The van der Waals surface area contributed by atoms with E-state index in [9.17, 15) is 14.7 Å². The van der Waals surface area contributed by atoms with Gasteiger partial charge >= 0.3 is 0 Å². The summed E-state index contributed by atoms with van der Waals surface area (Å²) in [6.45, 7) is 5.89. The van der Waals surface area contributed by atoms with Crippen LogP contribution < -0.4 is 20.2 Å². The predicted molar refractivity (Wildman–Crippen MR) is 125 cm³/mol. The molecule has 1 amide bonds. The van der Waals surface area contributed by atoms with E-state index in [1.165, 1.54) is 6.07 Å². The van der Waals surface area contributed by atoms with Crippen LogP contribution in [0.3, 0.4) is 0 Å². The Kier molecular flexibility index (Phi) is 7.77. The number of carbonyl (C=O) groups is 1. The Bertz CT molecular complexity index is 1010. The van der Waals surface area contributed by atoms with E-state index in [1.54, 1.807) is 25.8 Å². The van der Waals surface area contributed by atoms with Gasteiger partial charge in [-0.2, -0.15) is 11.8 Å². The van der Waals surface area contributed by atoms with Gasteiger partial charge in [0.15, 0.2) is 17.3 Å². The van der Waals surface area contributed by atoms with Crippen molar-refractivity contribution in [3.63, 3.8) is 0 Å². The van der Waals surface area contributed by atoms with E-state index in [0.717, 1.165) is 17.1 Å². The first-order chi connectivity index (χ1) is 15.2. The van der Waals surface area contributed by atoms with Crippen LogP contribution in [0.5, 0.6) is 17.2 Å². The fourth-order valence-electron chi connectivity index (χ4n) is 3.95. The molecule has 1 fully saturated rings. The van der Waals surface area contributed by atoms with E-state index in [1.807, 2.05) is 32.0 Å². The van der Waals surface area contributed by atoms with Crippen molar-refractivity contribution in [1.82, 2.24) is 5.32 Å². The third-order valence-corrected chi connectivity index (χ3v) is 6.54. The van der Waals surface area contributed by atoms with E-state index in [4.69, 9.17) is 13.9 Å². The van der Waals surface area contributed by atoms with Crippen molar-refractivity contribution >= 4 is 17.7 Å². The van der Waals surface area contributed by atoms with Crippen molar-refractivity contribution in [2.24, 2.45) is 0 Å². The van der Waals surface area contributed by atoms with E-state index in [0.29, 0.717) is 36.6 Å². The Hall–Kier alpha value is -2.61. The summed E-state index contributed by atoms with van der Waals surface area (Å²) in [4.78, 5) is 25.1. The van der Waals surface area contributed by atoms with Gasteiger partial charge in [-0.25, -0.2) is 0 Å². The second-order valence-corrected chi connectivity index (χ2v) is 9.62. The quantitative estimate of drug-likeness (QED) is 0.615. The van der Waals surface area contributed by atoms with Crippen molar-refractivity contribution < 1.29 is 23.8 Å². The molecule has 32 heavy (non-hydrogen) atoms. The summed E-state index contributed by atoms with van der Waals surface area (Å²) in [7, 11) is 1.58. The standard InChI is InChI=1S/C24H31NO6S/c1-15(2)30-19-6-5-17(12-20(19)29-4)14-25-21(27)13-24(7-9-32-10-8-24)23-22(28)18(26)11-16(3)31-23/h5-6,11-12,15,28H,7-10,13-14H2,1-4H3,(H,25,27). The van der Waals surface area contributed by atoms with Crippen LogP contribution in [0, 0.1) is 6.92 Å². The lowest BCUT2D eigenvalue weighted by Gasteiger charge is -2.35. The average Bonchev–Trinajstić information content (AvgIpc) is 2.75. The van der Waals surface area contributed by atoms with Gasteiger partial charge < -0.3 is 24.3 Å². The molecular formula is C24H31NO6S. The highest BCUT2D eigenvalue weighted by atomic mass is 32.2. The smallest absolute Gasteiger partial charge is 0.227 e. The second kappa shape index (κ2) is 10.3. The van der Waals surface area contributed by atoms with Crippen molar-refractivity contribution in [2.75, 3.05) is 18.6 Å². The number of ether oxygens (including phenoxy) is 2. The fourth-order valence-corrected chi connectivity index (χ4v) is 5.23. The Labute approximate surface area is 192 Å². The first-order valence-corrected chi connectivity index (χ1v) is 11.9. The molecule has 3 rings (SSSR count). The third-order valence-electron chi connectivity index (χ3n) is 5.56. The van der Waals surface area contributed by atoms with Crippen molar-refractivity contribution in [3.05, 3.63) is 51.6 Å². The van der Waals surface area contributed by atoms with Crippen LogP contribution in [-0.2, 0) is 16.8 Å². The molecule has 2 heterocycles. The number of rotatable bonds is 8. The number of hydrogen-bond acceptors (Lipinski definition) is 7. The zero-order chi connectivity index (χ0) is 23.3. The molecule has 0 aliphatic carbocycles. The molecule has 2 N–H and O–H groups in total. The van der Waals surface area contributed by atoms with E-state index in [-0.39, 0.29) is 29.9 Å². The molecule has 174 valence electrons. The number of hydrogen-bond donors (Lipinski definition) is 2. The number of aryl methyl sites for hydroxylation is 1. The highest BCUT2D eigenvalue weighted by Crippen LogP contribution is 2.44. The van der Waals surface area contributed by atoms with Gasteiger partial charge in [0.2, 0.25) is 17.1 Å². The van der Waals surface area contributed by atoms with E-state index >= 15 is 0 Å². The monoisotopic (exact) mass is 461 g/mol. The summed E-state index contributed by atoms with van der Waals surface area (Å²) in [5, 5.41) is 13.4. The molecule has 1 aliphatic heterocycles. The minimum Gasteiger partial charge on any atom is -0.502 e. The molecule has 0 atom stereocenters. The van der Waals surface area contributed by atoms with Crippen molar-refractivity contribution in [1.29, 1.82) is 0 Å². The Morgan fingerprint density at radius 1 is 1.25 bits per heavy atom. The maximum atomic E-state index is 12.9. The lowest BCUT2D eigenvalue weighted by atomic mass is 9.75. The molecule has 0 radical (unpaired) electrons. The predicted octanol–water partition coefficient (Wildman–Crippen LogP) is 3.92. The molecule has 0 saturated carbocycles. The van der Waals surface area contributed by atoms with Gasteiger partial charge in [0, 0.05) is 24.4 Å². The molecular weight excluding hydrogens is 430 g/mol. The van der Waals surface area contributed by atoms with E-state index < -0.39 is 10.8 Å². The second-order valence-electron chi connectivity index (χ2n) is 8.40. The molecule has 1 aromatic carbocycles. The third kappa shape index (κ3) is 5.59.